The predicted molar refractivity (Wildman–Crippen MR) is 43.5 cm³/mol. The van der Waals surface area contributed by atoms with Crippen molar-refractivity contribution in [2.45, 2.75) is 0 Å². The first kappa shape index (κ1) is 8.46. The van der Waals surface area contributed by atoms with Gasteiger partial charge in [-0.05, 0) is 12.1 Å². The van der Waals surface area contributed by atoms with Crippen LogP contribution in [0.4, 0.5) is 4.39 Å². The first-order chi connectivity index (χ1) is 5.61. The summed E-state index contributed by atoms with van der Waals surface area (Å²) < 4.78 is 12.5. The minimum Gasteiger partial charge on any atom is -0.478 e. The maximum atomic E-state index is 12.5. The number of halogens is 1. The molecule has 0 unspecified atom stereocenters. The van der Waals surface area contributed by atoms with Gasteiger partial charge < -0.3 is 5.11 Å². The fraction of sp³-hybridized carbons (Fsp3) is 0. The maximum absolute atomic E-state index is 12.5. The number of carboxylic acid groups (broad SMARTS) is 1. The van der Waals surface area contributed by atoms with E-state index in [-0.39, 0.29) is 11.1 Å². The normalized spacial score (nSPS) is 9.42. The average molecular weight is 166 g/mol. The van der Waals surface area contributed by atoms with Gasteiger partial charge in [-0.15, -0.1) is 0 Å². The third kappa shape index (κ3) is 1.69. The molecule has 12 heavy (non-hydrogen) atoms. The van der Waals surface area contributed by atoms with Crippen LogP contribution in [-0.4, -0.2) is 11.1 Å². The Morgan fingerprint density at radius 2 is 2.00 bits per heavy atom. The van der Waals surface area contributed by atoms with Crippen LogP contribution in [0, 0.1) is 0 Å². The highest BCUT2D eigenvalue weighted by atomic mass is 19.1. The van der Waals surface area contributed by atoms with Crippen LogP contribution in [0.25, 0.3) is 5.83 Å². The first-order valence-electron chi connectivity index (χ1n) is 3.29. The highest BCUT2D eigenvalue weighted by molar-refractivity contribution is 5.88. The smallest absolute Gasteiger partial charge is 0.335 e. The quantitative estimate of drug-likeness (QED) is 0.732. The number of carbonyl (C=O) groups is 1. The van der Waals surface area contributed by atoms with Crippen molar-refractivity contribution in [2.75, 3.05) is 0 Å². The molecular formula is C9H7FO2. The number of carboxylic acids is 1. The minimum absolute atomic E-state index is 0.0614. The molecule has 0 amide bonds. The van der Waals surface area contributed by atoms with Crippen molar-refractivity contribution in [2.24, 2.45) is 0 Å². The predicted octanol–water partition coefficient (Wildman–Crippen LogP) is 2.33. The van der Waals surface area contributed by atoms with Crippen LogP contribution in [0.15, 0.2) is 30.8 Å². The van der Waals surface area contributed by atoms with Gasteiger partial charge >= 0.3 is 5.97 Å². The molecule has 0 aliphatic heterocycles. The van der Waals surface area contributed by atoms with Crippen LogP contribution in [0.3, 0.4) is 0 Å². The van der Waals surface area contributed by atoms with E-state index in [1.807, 2.05) is 0 Å². The largest absolute Gasteiger partial charge is 0.478 e. The van der Waals surface area contributed by atoms with Gasteiger partial charge in [0.15, 0.2) is 0 Å². The fourth-order valence-corrected chi connectivity index (χ4v) is 0.821. The molecule has 0 fully saturated rings. The van der Waals surface area contributed by atoms with Crippen molar-refractivity contribution in [3.8, 4) is 0 Å². The molecule has 1 N–H and O–H groups in total. The summed E-state index contributed by atoms with van der Waals surface area (Å²) in [6.45, 7) is 3.07. The third-order valence-electron chi connectivity index (χ3n) is 1.42. The maximum Gasteiger partial charge on any atom is 0.335 e. The molecule has 0 atom stereocenters. The summed E-state index contributed by atoms with van der Waals surface area (Å²) in [7, 11) is 0. The van der Waals surface area contributed by atoms with E-state index in [1.54, 1.807) is 0 Å². The summed E-state index contributed by atoms with van der Waals surface area (Å²) in [6.07, 6.45) is 0. The molecule has 0 aliphatic rings. The number of hydrogen-bond acceptors (Lipinski definition) is 1. The summed E-state index contributed by atoms with van der Waals surface area (Å²) in [6, 6.07) is 5.58. The van der Waals surface area contributed by atoms with Gasteiger partial charge in [0, 0.05) is 5.56 Å². The van der Waals surface area contributed by atoms with E-state index in [4.69, 9.17) is 5.11 Å². The molecule has 0 bridgehead atoms. The number of aromatic carboxylic acids is 1. The summed E-state index contributed by atoms with van der Waals surface area (Å²) in [5.74, 6) is -1.70. The summed E-state index contributed by atoms with van der Waals surface area (Å²) in [4.78, 5) is 10.4. The molecule has 0 saturated heterocycles. The molecular weight excluding hydrogens is 159 g/mol. The molecule has 0 saturated carbocycles. The number of hydrogen-bond donors (Lipinski definition) is 1. The Hall–Kier alpha value is -1.64. The zero-order valence-corrected chi connectivity index (χ0v) is 6.25. The van der Waals surface area contributed by atoms with E-state index in [2.05, 4.69) is 6.58 Å². The molecule has 1 rings (SSSR count). The van der Waals surface area contributed by atoms with Gasteiger partial charge in [-0.3, -0.25) is 0 Å². The summed E-state index contributed by atoms with van der Waals surface area (Å²) >= 11 is 0. The van der Waals surface area contributed by atoms with Gasteiger partial charge in [0.05, 0.1) is 5.56 Å². The molecule has 0 spiro atoms. The molecule has 0 aliphatic carbocycles. The van der Waals surface area contributed by atoms with Crippen LogP contribution in [0.5, 0.6) is 0 Å². The molecule has 0 aromatic heterocycles. The Balaban J connectivity index is 3.12. The van der Waals surface area contributed by atoms with E-state index in [0.29, 0.717) is 0 Å². The van der Waals surface area contributed by atoms with Gasteiger partial charge in [-0.1, -0.05) is 18.7 Å². The summed E-state index contributed by atoms with van der Waals surface area (Å²) in [5, 5.41) is 8.54. The van der Waals surface area contributed by atoms with Gasteiger partial charge in [-0.2, -0.15) is 0 Å². The molecule has 0 radical (unpaired) electrons. The van der Waals surface area contributed by atoms with Crippen molar-refractivity contribution in [1.29, 1.82) is 0 Å². The molecule has 1 aromatic rings. The Morgan fingerprint density at radius 3 is 2.50 bits per heavy atom. The standard InChI is InChI=1S/C9H7FO2/c1-6(10)7-3-2-4-8(5-7)9(11)12/h2-5H,1H2,(H,11,12). The molecule has 62 valence electrons. The molecule has 3 heteroatoms. The van der Waals surface area contributed by atoms with Gasteiger partial charge in [0.2, 0.25) is 0 Å². The van der Waals surface area contributed by atoms with E-state index in [9.17, 15) is 9.18 Å². The Morgan fingerprint density at radius 1 is 1.42 bits per heavy atom. The van der Waals surface area contributed by atoms with E-state index in [1.165, 1.54) is 24.3 Å². The Labute approximate surface area is 69.0 Å². The van der Waals surface area contributed by atoms with Crippen molar-refractivity contribution in [3.63, 3.8) is 0 Å². The van der Waals surface area contributed by atoms with E-state index >= 15 is 0 Å². The van der Waals surface area contributed by atoms with Crippen LogP contribution in [0.1, 0.15) is 15.9 Å². The van der Waals surface area contributed by atoms with E-state index < -0.39 is 11.8 Å². The molecule has 0 heterocycles. The monoisotopic (exact) mass is 166 g/mol. The van der Waals surface area contributed by atoms with Crippen LogP contribution in [-0.2, 0) is 0 Å². The van der Waals surface area contributed by atoms with Gasteiger partial charge in [0.1, 0.15) is 5.83 Å². The lowest BCUT2D eigenvalue weighted by Crippen LogP contribution is -1.95. The molecule has 2 nitrogen and oxygen atoms in total. The van der Waals surface area contributed by atoms with Crippen molar-refractivity contribution >= 4 is 11.8 Å². The zero-order chi connectivity index (χ0) is 9.14. The highest BCUT2D eigenvalue weighted by Gasteiger charge is 2.03. The SMILES string of the molecule is C=C(F)c1cccc(C(=O)O)c1. The third-order valence-corrected chi connectivity index (χ3v) is 1.42. The second-order valence-electron chi connectivity index (χ2n) is 2.29. The average Bonchev–Trinajstić information content (AvgIpc) is 2.04. The highest BCUT2D eigenvalue weighted by Crippen LogP contribution is 2.14. The molecule has 1 aromatic carbocycles. The van der Waals surface area contributed by atoms with Gasteiger partial charge in [-0.25, -0.2) is 9.18 Å². The Kier molecular flexibility index (Phi) is 2.24. The van der Waals surface area contributed by atoms with Crippen molar-refractivity contribution < 1.29 is 14.3 Å². The zero-order valence-electron chi connectivity index (χ0n) is 6.25. The topological polar surface area (TPSA) is 37.3 Å². The van der Waals surface area contributed by atoms with Crippen LogP contribution < -0.4 is 0 Å². The van der Waals surface area contributed by atoms with E-state index in [0.717, 1.165) is 0 Å². The fourth-order valence-electron chi connectivity index (χ4n) is 0.821. The lowest BCUT2D eigenvalue weighted by Gasteiger charge is -1.97. The first-order valence-corrected chi connectivity index (χ1v) is 3.29. The van der Waals surface area contributed by atoms with Crippen LogP contribution >= 0.6 is 0 Å². The lowest BCUT2D eigenvalue weighted by atomic mass is 10.1. The van der Waals surface area contributed by atoms with Gasteiger partial charge in [0.25, 0.3) is 0 Å². The van der Waals surface area contributed by atoms with Crippen molar-refractivity contribution in [1.82, 2.24) is 0 Å². The lowest BCUT2D eigenvalue weighted by molar-refractivity contribution is 0.0697. The number of benzene rings is 1. The minimum atomic E-state index is -1.07. The summed E-state index contributed by atoms with van der Waals surface area (Å²) in [5.41, 5.74) is 0.265. The Bertz CT molecular complexity index is 302. The van der Waals surface area contributed by atoms with Crippen LogP contribution in [0.2, 0.25) is 0 Å². The second-order valence-corrected chi connectivity index (χ2v) is 2.29. The second kappa shape index (κ2) is 3.17. The van der Waals surface area contributed by atoms with Crippen molar-refractivity contribution in [3.05, 3.63) is 42.0 Å². The number of rotatable bonds is 2.